The van der Waals surface area contributed by atoms with E-state index in [1.54, 1.807) is 0 Å². The molecule has 3 rings (SSSR count). The smallest absolute Gasteiger partial charge is 0.0648 e. The highest BCUT2D eigenvalue weighted by Crippen LogP contribution is 2.20. The van der Waals surface area contributed by atoms with Crippen LogP contribution in [0.2, 0.25) is 0 Å². The van der Waals surface area contributed by atoms with Gasteiger partial charge in [-0.3, -0.25) is 0 Å². The van der Waals surface area contributed by atoms with Crippen molar-refractivity contribution in [1.82, 2.24) is 9.78 Å². The monoisotopic (exact) mass is 248 g/mol. The van der Waals surface area contributed by atoms with E-state index in [2.05, 4.69) is 73.7 Å². The minimum absolute atomic E-state index is 1.10. The summed E-state index contributed by atoms with van der Waals surface area (Å²) in [6.07, 6.45) is 3.98. The van der Waals surface area contributed by atoms with Crippen molar-refractivity contribution in [3.05, 3.63) is 72.1 Å². The highest BCUT2D eigenvalue weighted by atomic mass is 15.3. The minimum atomic E-state index is 1.10. The second-order valence-corrected chi connectivity index (χ2v) is 4.88. The molecule has 0 atom stereocenters. The Morgan fingerprint density at radius 1 is 0.842 bits per heavy atom. The summed E-state index contributed by atoms with van der Waals surface area (Å²) < 4.78 is 1.92. The third-order valence-electron chi connectivity index (χ3n) is 3.23. The van der Waals surface area contributed by atoms with Gasteiger partial charge in [-0.1, -0.05) is 42.0 Å². The number of hydrogen-bond donors (Lipinski definition) is 0. The zero-order valence-electron chi connectivity index (χ0n) is 11.2. The van der Waals surface area contributed by atoms with Crippen LogP contribution in [0, 0.1) is 13.8 Å². The Morgan fingerprint density at radius 3 is 2.37 bits per heavy atom. The first-order valence-corrected chi connectivity index (χ1v) is 6.41. The first-order chi connectivity index (χ1) is 9.22. The summed E-state index contributed by atoms with van der Waals surface area (Å²) in [5, 5.41) is 4.44. The van der Waals surface area contributed by atoms with Crippen LogP contribution in [0.1, 0.15) is 11.1 Å². The Kier molecular flexibility index (Phi) is 2.92. The maximum atomic E-state index is 4.44. The third kappa shape index (κ3) is 2.43. The summed E-state index contributed by atoms with van der Waals surface area (Å²) in [6, 6.07) is 16.9. The van der Waals surface area contributed by atoms with Crippen LogP contribution >= 0.6 is 0 Å². The second-order valence-electron chi connectivity index (χ2n) is 4.88. The van der Waals surface area contributed by atoms with Crippen LogP contribution in [-0.4, -0.2) is 9.78 Å². The molecule has 19 heavy (non-hydrogen) atoms. The first kappa shape index (κ1) is 11.7. The van der Waals surface area contributed by atoms with Crippen molar-refractivity contribution in [2.24, 2.45) is 0 Å². The fourth-order valence-electron chi connectivity index (χ4n) is 2.13. The molecule has 0 aliphatic carbocycles. The Bertz CT molecular complexity index is 693. The molecule has 0 N–H and O–H groups in total. The van der Waals surface area contributed by atoms with Crippen molar-refractivity contribution in [2.75, 3.05) is 0 Å². The number of benzene rings is 2. The lowest BCUT2D eigenvalue weighted by molar-refractivity contribution is 0.879. The highest BCUT2D eigenvalue weighted by Gasteiger charge is 2.03. The van der Waals surface area contributed by atoms with E-state index in [9.17, 15) is 0 Å². The zero-order chi connectivity index (χ0) is 13.2. The van der Waals surface area contributed by atoms with Gasteiger partial charge in [0.1, 0.15) is 0 Å². The van der Waals surface area contributed by atoms with Gasteiger partial charge in [0.05, 0.1) is 11.9 Å². The van der Waals surface area contributed by atoms with Crippen LogP contribution in [0.25, 0.3) is 16.8 Å². The third-order valence-corrected chi connectivity index (χ3v) is 3.23. The fraction of sp³-hybridized carbons (Fsp3) is 0.118. The van der Waals surface area contributed by atoms with E-state index in [-0.39, 0.29) is 0 Å². The molecule has 0 spiro atoms. The molecular weight excluding hydrogens is 232 g/mol. The van der Waals surface area contributed by atoms with Gasteiger partial charge in [0.15, 0.2) is 0 Å². The predicted octanol–water partition coefficient (Wildman–Crippen LogP) is 4.16. The van der Waals surface area contributed by atoms with Crippen LogP contribution in [0.15, 0.2) is 60.9 Å². The van der Waals surface area contributed by atoms with E-state index in [0.717, 1.165) is 11.3 Å². The van der Waals surface area contributed by atoms with Gasteiger partial charge in [0.2, 0.25) is 0 Å². The molecule has 0 aliphatic rings. The van der Waals surface area contributed by atoms with E-state index >= 15 is 0 Å². The van der Waals surface area contributed by atoms with E-state index in [0.29, 0.717) is 0 Å². The maximum Gasteiger partial charge on any atom is 0.0648 e. The molecule has 2 heteroatoms. The molecule has 94 valence electrons. The van der Waals surface area contributed by atoms with Crippen molar-refractivity contribution in [2.45, 2.75) is 13.8 Å². The molecule has 1 aromatic heterocycles. The van der Waals surface area contributed by atoms with Crippen LogP contribution in [-0.2, 0) is 0 Å². The summed E-state index contributed by atoms with van der Waals surface area (Å²) in [7, 11) is 0. The lowest BCUT2D eigenvalue weighted by atomic mass is 10.1. The van der Waals surface area contributed by atoms with E-state index < -0.39 is 0 Å². The largest absolute Gasteiger partial charge is 0.240 e. The quantitative estimate of drug-likeness (QED) is 0.666. The molecule has 1 heterocycles. The number of rotatable bonds is 2. The van der Waals surface area contributed by atoms with Gasteiger partial charge in [0, 0.05) is 11.8 Å². The van der Waals surface area contributed by atoms with Gasteiger partial charge in [-0.05, 0) is 37.1 Å². The first-order valence-electron chi connectivity index (χ1n) is 6.41. The van der Waals surface area contributed by atoms with Gasteiger partial charge in [0.25, 0.3) is 0 Å². The topological polar surface area (TPSA) is 17.8 Å². The summed E-state index contributed by atoms with van der Waals surface area (Å²) in [6.45, 7) is 4.19. The molecule has 0 aliphatic heterocycles. The molecule has 0 saturated heterocycles. The van der Waals surface area contributed by atoms with Crippen molar-refractivity contribution < 1.29 is 0 Å². The van der Waals surface area contributed by atoms with Crippen LogP contribution in [0.4, 0.5) is 0 Å². The van der Waals surface area contributed by atoms with Gasteiger partial charge in [-0.15, -0.1) is 0 Å². The van der Waals surface area contributed by atoms with Crippen molar-refractivity contribution in [3.8, 4) is 16.8 Å². The molecule has 2 aromatic carbocycles. The standard InChI is InChI=1S/C17H16N2/c1-13-6-8-15(9-7-13)16-11-18-19(12-16)17-5-3-4-14(2)10-17/h3-12H,1-2H3. The predicted molar refractivity (Wildman–Crippen MR) is 78.5 cm³/mol. The molecule has 0 amide bonds. The van der Waals surface area contributed by atoms with Crippen molar-refractivity contribution in [3.63, 3.8) is 0 Å². The number of nitrogens with zero attached hydrogens (tertiary/aromatic N) is 2. The summed E-state index contributed by atoms with van der Waals surface area (Å²) in [5.41, 5.74) is 5.95. The fourth-order valence-corrected chi connectivity index (χ4v) is 2.13. The second kappa shape index (κ2) is 4.73. The van der Waals surface area contributed by atoms with E-state index in [4.69, 9.17) is 0 Å². The summed E-state index contributed by atoms with van der Waals surface area (Å²) >= 11 is 0. The van der Waals surface area contributed by atoms with E-state index in [1.807, 2.05) is 10.9 Å². The Balaban J connectivity index is 1.97. The summed E-state index contributed by atoms with van der Waals surface area (Å²) in [5.74, 6) is 0. The Morgan fingerprint density at radius 2 is 1.63 bits per heavy atom. The van der Waals surface area contributed by atoms with E-state index in [1.165, 1.54) is 16.7 Å². The Hall–Kier alpha value is -2.35. The van der Waals surface area contributed by atoms with Gasteiger partial charge in [-0.2, -0.15) is 5.10 Å². The SMILES string of the molecule is Cc1ccc(-c2cnn(-c3cccc(C)c3)c2)cc1. The molecule has 0 fully saturated rings. The lowest BCUT2D eigenvalue weighted by Crippen LogP contribution is -1.93. The summed E-state index contributed by atoms with van der Waals surface area (Å²) in [4.78, 5) is 0. The van der Waals surface area contributed by atoms with Gasteiger partial charge < -0.3 is 0 Å². The molecular formula is C17H16N2. The molecule has 3 aromatic rings. The zero-order valence-corrected chi connectivity index (χ0v) is 11.2. The molecule has 0 bridgehead atoms. The van der Waals surface area contributed by atoms with Crippen LogP contribution < -0.4 is 0 Å². The van der Waals surface area contributed by atoms with Gasteiger partial charge in [-0.25, -0.2) is 4.68 Å². The molecule has 2 nitrogen and oxygen atoms in total. The normalized spacial score (nSPS) is 10.6. The lowest BCUT2D eigenvalue weighted by Gasteiger charge is -2.02. The van der Waals surface area contributed by atoms with Crippen molar-refractivity contribution >= 4 is 0 Å². The minimum Gasteiger partial charge on any atom is -0.240 e. The highest BCUT2D eigenvalue weighted by molar-refractivity contribution is 5.62. The molecule has 0 unspecified atom stereocenters. The molecule has 0 saturated carbocycles. The van der Waals surface area contributed by atoms with Crippen molar-refractivity contribution in [1.29, 1.82) is 0 Å². The Labute approximate surface area is 113 Å². The number of aromatic nitrogens is 2. The molecule has 0 radical (unpaired) electrons. The average Bonchev–Trinajstić information content (AvgIpc) is 2.89. The maximum absolute atomic E-state index is 4.44. The number of hydrogen-bond acceptors (Lipinski definition) is 1. The average molecular weight is 248 g/mol. The van der Waals surface area contributed by atoms with Crippen LogP contribution in [0.3, 0.4) is 0 Å². The van der Waals surface area contributed by atoms with Crippen LogP contribution in [0.5, 0.6) is 0 Å². The number of aryl methyl sites for hydroxylation is 2. The van der Waals surface area contributed by atoms with Gasteiger partial charge >= 0.3 is 0 Å².